The molecular weight excluding hydrogens is 342 g/mol. The Bertz CT molecular complexity index is 999. The topological polar surface area (TPSA) is 86.0 Å². The van der Waals surface area contributed by atoms with Crippen LogP contribution in [0, 0.1) is 0 Å². The van der Waals surface area contributed by atoms with Gasteiger partial charge in [0.25, 0.3) is 5.89 Å². The standard InChI is InChI=1S/C20H17N5O2/c1-26-16-9-7-14(8-10-16)13-21-18-12-11-17(23-24-18)20-22-19(25-27-20)15-5-3-2-4-6-15/h2-12H,13H2,1H3,(H,21,24). The molecule has 0 aliphatic carbocycles. The molecule has 2 aromatic carbocycles. The lowest BCUT2D eigenvalue weighted by Gasteiger charge is -2.06. The second-order valence-electron chi connectivity index (χ2n) is 5.79. The van der Waals surface area contributed by atoms with Crippen molar-refractivity contribution in [3.05, 3.63) is 72.3 Å². The fourth-order valence-corrected chi connectivity index (χ4v) is 2.51. The third-order valence-corrected chi connectivity index (χ3v) is 3.97. The molecule has 0 unspecified atom stereocenters. The Morgan fingerprint density at radius 2 is 1.74 bits per heavy atom. The van der Waals surface area contributed by atoms with Crippen LogP contribution in [0.5, 0.6) is 5.75 Å². The molecule has 1 N–H and O–H groups in total. The maximum atomic E-state index is 5.30. The SMILES string of the molecule is COc1ccc(CNc2ccc(-c3nc(-c4ccccc4)no3)nn2)cc1. The van der Waals surface area contributed by atoms with Crippen LogP contribution in [-0.2, 0) is 6.54 Å². The summed E-state index contributed by atoms with van der Waals surface area (Å²) in [7, 11) is 1.65. The van der Waals surface area contributed by atoms with Crippen molar-refractivity contribution in [2.75, 3.05) is 12.4 Å². The van der Waals surface area contributed by atoms with E-state index >= 15 is 0 Å². The Hall–Kier alpha value is -3.74. The molecule has 0 amide bonds. The first-order chi connectivity index (χ1) is 13.3. The van der Waals surface area contributed by atoms with Gasteiger partial charge in [-0.1, -0.05) is 47.6 Å². The maximum absolute atomic E-state index is 5.30. The van der Waals surface area contributed by atoms with Crippen molar-refractivity contribution in [1.29, 1.82) is 0 Å². The molecule has 0 fully saturated rings. The van der Waals surface area contributed by atoms with Crippen LogP contribution in [-0.4, -0.2) is 27.4 Å². The van der Waals surface area contributed by atoms with Crippen LogP contribution in [0.3, 0.4) is 0 Å². The van der Waals surface area contributed by atoms with E-state index in [4.69, 9.17) is 9.26 Å². The third kappa shape index (κ3) is 3.92. The molecule has 0 saturated heterocycles. The summed E-state index contributed by atoms with van der Waals surface area (Å²) in [5, 5.41) is 15.6. The van der Waals surface area contributed by atoms with Gasteiger partial charge in [0.2, 0.25) is 5.82 Å². The molecule has 0 aliphatic rings. The number of methoxy groups -OCH3 is 1. The summed E-state index contributed by atoms with van der Waals surface area (Å²) in [6.45, 7) is 0.636. The molecule has 4 aromatic rings. The fraction of sp³-hybridized carbons (Fsp3) is 0.100. The average molecular weight is 359 g/mol. The molecule has 0 spiro atoms. The highest BCUT2D eigenvalue weighted by Gasteiger charge is 2.12. The minimum absolute atomic E-state index is 0.336. The Morgan fingerprint density at radius 1 is 0.926 bits per heavy atom. The predicted molar refractivity (Wildman–Crippen MR) is 101 cm³/mol. The first kappa shape index (κ1) is 16.7. The summed E-state index contributed by atoms with van der Waals surface area (Å²) < 4.78 is 10.5. The number of rotatable bonds is 6. The van der Waals surface area contributed by atoms with Crippen molar-refractivity contribution >= 4 is 5.82 Å². The Labute approximate surface area is 156 Å². The van der Waals surface area contributed by atoms with Crippen molar-refractivity contribution in [1.82, 2.24) is 20.3 Å². The van der Waals surface area contributed by atoms with E-state index in [1.165, 1.54) is 0 Å². The number of ether oxygens (including phenoxy) is 1. The lowest BCUT2D eigenvalue weighted by Crippen LogP contribution is -2.02. The zero-order valence-electron chi connectivity index (χ0n) is 14.7. The summed E-state index contributed by atoms with van der Waals surface area (Å²) in [6.07, 6.45) is 0. The first-order valence-electron chi connectivity index (χ1n) is 8.42. The van der Waals surface area contributed by atoms with Gasteiger partial charge in [0.1, 0.15) is 11.6 Å². The molecule has 7 nitrogen and oxygen atoms in total. The lowest BCUT2D eigenvalue weighted by molar-refractivity contribution is 0.414. The number of nitrogens with one attached hydrogen (secondary N) is 1. The molecule has 0 atom stereocenters. The number of hydrogen-bond donors (Lipinski definition) is 1. The Morgan fingerprint density at radius 3 is 2.44 bits per heavy atom. The van der Waals surface area contributed by atoms with Crippen LogP contribution >= 0.6 is 0 Å². The van der Waals surface area contributed by atoms with Gasteiger partial charge in [-0.15, -0.1) is 10.2 Å². The van der Waals surface area contributed by atoms with E-state index in [1.807, 2.05) is 60.7 Å². The quantitative estimate of drug-likeness (QED) is 0.560. The summed E-state index contributed by atoms with van der Waals surface area (Å²) in [4.78, 5) is 4.38. The van der Waals surface area contributed by atoms with E-state index in [9.17, 15) is 0 Å². The highest BCUT2D eigenvalue weighted by atomic mass is 16.5. The van der Waals surface area contributed by atoms with E-state index in [1.54, 1.807) is 13.2 Å². The molecule has 0 bridgehead atoms. The molecule has 0 aliphatic heterocycles. The number of hydrogen-bond acceptors (Lipinski definition) is 7. The number of benzene rings is 2. The van der Waals surface area contributed by atoms with Crippen LogP contribution < -0.4 is 10.1 Å². The van der Waals surface area contributed by atoms with Crippen LogP contribution in [0.2, 0.25) is 0 Å². The fourth-order valence-electron chi connectivity index (χ4n) is 2.51. The van der Waals surface area contributed by atoms with Gasteiger partial charge in [-0.3, -0.25) is 0 Å². The van der Waals surface area contributed by atoms with Crippen LogP contribution in [0.25, 0.3) is 23.0 Å². The van der Waals surface area contributed by atoms with Crippen molar-refractivity contribution < 1.29 is 9.26 Å². The van der Waals surface area contributed by atoms with E-state index < -0.39 is 0 Å². The number of anilines is 1. The zero-order chi connectivity index (χ0) is 18.5. The Balaban J connectivity index is 1.42. The van der Waals surface area contributed by atoms with Crippen LogP contribution in [0.1, 0.15) is 5.56 Å². The van der Waals surface area contributed by atoms with E-state index in [2.05, 4.69) is 25.7 Å². The normalized spacial score (nSPS) is 10.6. The highest BCUT2D eigenvalue weighted by Crippen LogP contribution is 2.21. The summed E-state index contributed by atoms with van der Waals surface area (Å²) in [6, 6.07) is 21.1. The molecule has 0 saturated carbocycles. The van der Waals surface area contributed by atoms with Crippen LogP contribution in [0.15, 0.2) is 71.3 Å². The van der Waals surface area contributed by atoms with E-state index in [0.717, 1.165) is 16.9 Å². The first-order valence-corrected chi connectivity index (χ1v) is 8.42. The molecular formula is C20H17N5O2. The molecule has 134 valence electrons. The van der Waals surface area contributed by atoms with Gasteiger partial charge in [-0.25, -0.2) is 0 Å². The third-order valence-electron chi connectivity index (χ3n) is 3.97. The summed E-state index contributed by atoms with van der Waals surface area (Å²) in [5.41, 5.74) is 2.53. The monoisotopic (exact) mass is 359 g/mol. The van der Waals surface area contributed by atoms with Gasteiger partial charge >= 0.3 is 0 Å². The molecule has 2 heterocycles. The van der Waals surface area contributed by atoms with E-state index in [-0.39, 0.29) is 0 Å². The minimum Gasteiger partial charge on any atom is -0.497 e. The second kappa shape index (κ2) is 7.65. The zero-order valence-corrected chi connectivity index (χ0v) is 14.7. The molecule has 27 heavy (non-hydrogen) atoms. The second-order valence-corrected chi connectivity index (χ2v) is 5.79. The van der Waals surface area contributed by atoms with Gasteiger partial charge in [0, 0.05) is 12.1 Å². The minimum atomic E-state index is 0.336. The molecule has 7 heteroatoms. The lowest BCUT2D eigenvalue weighted by atomic mass is 10.2. The van der Waals surface area contributed by atoms with Crippen molar-refractivity contribution in [2.24, 2.45) is 0 Å². The van der Waals surface area contributed by atoms with Crippen LogP contribution in [0.4, 0.5) is 5.82 Å². The van der Waals surface area contributed by atoms with Gasteiger partial charge in [-0.05, 0) is 29.8 Å². The van der Waals surface area contributed by atoms with Gasteiger partial charge in [0.15, 0.2) is 5.69 Å². The van der Waals surface area contributed by atoms with Crippen molar-refractivity contribution in [2.45, 2.75) is 6.54 Å². The largest absolute Gasteiger partial charge is 0.497 e. The van der Waals surface area contributed by atoms with Gasteiger partial charge in [-0.2, -0.15) is 4.98 Å². The maximum Gasteiger partial charge on any atom is 0.278 e. The number of aromatic nitrogens is 4. The summed E-state index contributed by atoms with van der Waals surface area (Å²) >= 11 is 0. The average Bonchev–Trinajstić information content (AvgIpc) is 3.24. The Kier molecular flexibility index (Phi) is 4.74. The van der Waals surface area contributed by atoms with Gasteiger partial charge in [0.05, 0.1) is 7.11 Å². The van der Waals surface area contributed by atoms with Crippen molar-refractivity contribution in [3.8, 4) is 28.7 Å². The predicted octanol–water partition coefficient (Wildman–Crippen LogP) is 3.81. The van der Waals surface area contributed by atoms with Crippen molar-refractivity contribution in [3.63, 3.8) is 0 Å². The molecule has 0 radical (unpaired) electrons. The van der Waals surface area contributed by atoms with E-state index in [0.29, 0.717) is 29.8 Å². The number of nitrogens with zero attached hydrogens (tertiary/aromatic N) is 4. The molecule has 4 rings (SSSR count). The molecule has 2 aromatic heterocycles. The smallest absolute Gasteiger partial charge is 0.278 e. The van der Waals surface area contributed by atoms with Gasteiger partial charge < -0.3 is 14.6 Å². The summed E-state index contributed by atoms with van der Waals surface area (Å²) in [5.74, 6) is 2.35. The highest BCUT2D eigenvalue weighted by molar-refractivity contribution is 5.57.